The van der Waals surface area contributed by atoms with Crippen LogP contribution in [0.15, 0.2) is 36.4 Å². The van der Waals surface area contributed by atoms with E-state index in [1.54, 1.807) is 0 Å². The first kappa shape index (κ1) is 18.6. The van der Waals surface area contributed by atoms with Gasteiger partial charge >= 0.3 is 0 Å². The Morgan fingerprint density at radius 2 is 1.77 bits per heavy atom. The summed E-state index contributed by atoms with van der Waals surface area (Å²) in [4.78, 5) is 16.5. The highest BCUT2D eigenvalue weighted by atomic mass is 15.3. The van der Waals surface area contributed by atoms with Gasteiger partial charge in [-0.3, -0.25) is 0 Å². The van der Waals surface area contributed by atoms with Crippen LogP contribution in [0.2, 0.25) is 0 Å². The number of hydrogen-bond donors (Lipinski definition) is 1. The average Bonchev–Trinajstić information content (AvgIpc) is 2.66. The number of aromatic nitrogens is 2. The number of anilines is 2. The molecule has 140 valence electrons. The molecular formula is C20H30N6. The molecule has 1 N–H and O–H groups in total. The van der Waals surface area contributed by atoms with Crippen LogP contribution in [0.1, 0.15) is 6.42 Å². The molecule has 0 amide bonds. The van der Waals surface area contributed by atoms with Crippen LogP contribution in [0.4, 0.5) is 11.6 Å². The Morgan fingerprint density at radius 3 is 2.46 bits per heavy atom. The van der Waals surface area contributed by atoms with Gasteiger partial charge in [0.25, 0.3) is 0 Å². The Morgan fingerprint density at radius 1 is 1.04 bits per heavy atom. The van der Waals surface area contributed by atoms with E-state index >= 15 is 0 Å². The van der Waals surface area contributed by atoms with Gasteiger partial charge in [-0.05, 0) is 34.1 Å². The van der Waals surface area contributed by atoms with Crippen molar-refractivity contribution in [1.82, 2.24) is 19.8 Å². The lowest BCUT2D eigenvalue weighted by Crippen LogP contribution is -2.44. The van der Waals surface area contributed by atoms with Crippen LogP contribution in [0.5, 0.6) is 0 Å². The minimum absolute atomic E-state index is 0.789. The van der Waals surface area contributed by atoms with Crippen molar-refractivity contribution >= 4 is 11.6 Å². The maximum Gasteiger partial charge on any atom is 0.163 e. The van der Waals surface area contributed by atoms with Gasteiger partial charge in [-0.25, -0.2) is 9.97 Å². The van der Waals surface area contributed by atoms with E-state index in [0.717, 1.165) is 68.7 Å². The maximum absolute atomic E-state index is 4.86. The SMILES string of the molecule is CN(C)CCCNc1cc(N2CCN(C)CC2)nc(-c2ccccc2)n1. The molecule has 1 aliphatic heterocycles. The summed E-state index contributed by atoms with van der Waals surface area (Å²) in [7, 11) is 6.37. The molecule has 0 spiro atoms. The number of rotatable bonds is 7. The Labute approximate surface area is 156 Å². The summed E-state index contributed by atoms with van der Waals surface area (Å²) in [5, 5.41) is 3.48. The molecule has 26 heavy (non-hydrogen) atoms. The molecule has 0 unspecified atom stereocenters. The molecule has 0 saturated carbocycles. The average molecular weight is 355 g/mol. The van der Waals surface area contributed by atoms with Crippen molar-refractivity contribution in [2.24, 2.45) is 0 Å². The zero-order valence-electron chi connectivity index (χ0n) is 16.1. The lowest BCUT2D eigenvalue weighted by molar-refractivity contribution is 0.312. The molecule has 1 aromatic heterocycles. The van der Waals surface area contributed by atoms with Crippen molar-refractivity contribution in [2.45, 2.75) is 6.42 Å². The molecule has 2 heterocycles. The van der Waals surface area contributed by atoms with Gasteiger partial charge in [-0.15, -0.1) is 0 Å². The molecular weight excluding hydrogens is 324 g/mol. The van der Waals surface area contributed by atoms with E-state index in [-0.39, 0.29) is 0 Å². The largest absolute Gasteiger partial charge is 0.370 e. The lowest BCUT2D eigenvalue weighted by atomic mass is 10.2. The van der Waals surface area contributed by atoms with Gasteiger partial charge in [-0.1, -0.05) is 30.3 Å². The second kappa shape index (κ2) is 8.96. The first-order valence-electron chi connectivity index (χ1n) is 9.38. The number of likely N-dealkylation sites (N-methyl/N-ethyl adjacent to an activating group) is 1. The molecule has 3 rings (SSSR count). The third kappa shape index (κ3) is 5.16. The van der Waals surface area contributed by atoms with E-state index in [4.69, 9.17) is 9.97 Å². The zero-order chi connectivity index (χ0) is 18.4. The second-order valence-electron chi connectivity index (χ2n) is 7.17. The highest BCUT2D eigenvalue weighted by Gasteiger charge is 2.17. The molecule has 0 atom stereocenters. The first-order chi connectivity index (χ1) is 12.6. The fraction of sp³-hybridized carbons (Fsp3) is 0.500. The molecule has 0 bridgehead atoms. The van der Waals surface area contributed by atoms with Gasteiger partial charge in [0.15, 0.2) is 5.82 Å². The molecule has 1 aliphatic rings. The summed E-state index contributed by atoms with van der Waals surface area (Å²) >= 11 is 0. The fourth-order valence-corrected chi connectivity index (χ4v) is 3.05. The minimum Gasteiger partial charge on any atom is -0.370 e. The Bertz CT molecular complexity index is 680. The summed E-state index contributed by atoms with van der Waals surface area (Å²) in [5.74, 6) is 2.71. The highest BCUT2D eigenvalue weighted by molar-refractivity contribution is 5.61. The topological polar surface area (TPSA) is 47.5 Å². The van der Waals surface area contributed by atoms with Crippen LogP contribution in [0.25, 0.3) is 11.4 Å². The molecule has 6 nitrogen and oxygen atoms in total. The van der Waals surface area contributed by atoms with E-state index in [2.05, 4.69) is 59.4 Å². The predicted octanol–water partition coefficient (Wildman–Crippen LogP) is 2.26. The zero-order valence-corrected chi connectivity index (χ0v) is 16.1. The number of nitrogens with one attached hydrogen (secondary N) is 1. The third-order valence-electron chi connectivity index (χ3n) is 4.66. The normalized spacial score (nSPS) is 15.5. The van der Waals surface area contributed by atoms with Gasteiger partial charge in [-0.2, -0.15) is 0 Å². The van der Waals surface area contributed by atoms with Crippen LogP contribution < -0.4 is 10.2 Å². The smallest absolute Gasteiger partial charge is 0.163 e. The van der Waals surface area contributed by atoms with Gasteiger partial charge in [0.1, 0.15) is 11.6 Å². The lowest BCUT2D eigenvalue weighted by Gasteiger charge is -2.33. The predicted molar refractivity (Wildman–Crippen MR) is 109 cm³/mol. The quantitative estimate of drug-likeness (QED) is 0.770. The van der Waals surface area contributed by atoms with Gasteiger partial charge < -0.3 is 20.0 Å². The second-order valence-corrected chi connectivity index (χ2v) is 7.17. The summed E-state index contributed by atoms with van der Waals surface area (Å²) in [6.45, 7) is 6.11. The monoisotopic (exact) mass is 354 g/mol. The Balaban J connectivity index is 1.80. The van der Waals surface area contributed by atoms with Crippen LogP contribution >= 0.6 is 0 Å². The molecule has 6 heteroatoms. The van der Waals surface area contributed by atoms with E-state index in [9.17, 15) is 0 Å². The summed E-state index contributed by atoms with van der Waals surface area (Å²) in [6, 6.07) is 12.3. The van der Waals surface area contributed by atoms with Crippen molar-refractivity contribution < 1.29 is 0 Å². The molecule has 1 fully saturated rings. The minimum atomic E-state index is 0.789. The fourth-order valence-electron chi connectivity index (χ4n) is 3.05. The van der Waals surface area contributed by atoms with Crippen molar-refractivity contribution in [3.05, 3.63) is 36.4 Å². The number of piperazine rings is 1. The van der Waals surface area contributed by atoms with Crippen LogP contribution in [0, 0.1) is 0 Å². The van der Waals surface area contributed by atoms with E-state index in [1.165, 1.54) is 0 Å². The summed E-state index contributed by atoms with van der Waals surface area (Å²) < 4.78 is 0. The van der Waals surface area contributed by atoms with Crippen LogP contribution in [-0.2, 0) is 0 Å². The number of hydrogen-bond acceptors (Lipinski definition) is 6. The van der Waals surface area contributed by atoms with Crippen molar-refractivity contribution in [2.75, 3.05) is 70.6 Å². The van der Waals surface area contributed by atoms with Gasteiger partial charge in [0, 0.05) is 44.4 Å². The van der Waals surface area contributed by atoms with Crippen LogP contribution in [-0.4, -0.2) is 80.2 Å². The Hall–Kier alpha value is -2.18. The molecule has 1 aromatic carbocycles. The number of benzene rings is 1. The third-order valence-corrected chi connectivity index (χ3v) is 4.66. The Kier molecular flexibility index (Phi) is 6.41. The molecule has 2 aromatic rings. The molecule has 1 saturated heterocycles. The molecule has 0 radical (unpaired) electrons. The molecule has 0 aliphatic carbocycles. The van der Waals surface area contributed by atoms with E-state index < -0.39 is 0 Å². The van der Waals surface area contributed by atoms with E-state index in [1.807, 2.05) is 18.2 Å². The van der Waals surface area contributed by atoms with Crippen molar-refractivity contribution in [3.8, 4) is 11.4 Å². The standard InChI is InChI=1S/C20H30N6/c1-24(2)11-7-10-21-18-16-19(26-14-12-25(3)13-15-26)23-20(22-18)17-8-5-4-6-9-17/h4-6,8-9,16H,7,10-15H2,1-3H3,(H,21,22,23). The van der Waals surface area contributed by atoms with Crippen molar-refractivity contribution in [3.63, 3.8) is 0 Å². The van der Waals surface area contributed by atoms with Gasteiger partial charge in [0.05, 0.1) is 0 Å². The summed E-state index contributed by atoms with van der Waals surface area (Å²) in [6.07, 6.45) is 1.08. The maximum atomic E-state index is 4.86. The first-order valence-corrected chi connectivity index (χ1v) is 9.38. The van der Waals surface area contributed by atoms with Gasteiger partial charge in [0.2, 0.25) is 0 Å². The van der Waals surface area contributed by atoms with Crippen molar-refractivity contribution in [1.29, 1.82) is 0 Å². The van der Waals surface area contributed by atoms with E-state index in [0.29, 0.717) is 0 Å². The number of nitrogens with zero attached hydrogens (tertiary/aromatic N) is 5. The summed E-state index contributed by atoms with van der Waals surface area (Å²) in [5.41, 5.74) is 1.06. The highest BCUT2D eigenvalue weighted by Crippen LogP contribution is 2.23. The van der Waals surface area contributed by atoms with Crippen LogP contribution in [0.3, 0.4) is 0 Å².